The predicted octanol–water partition coefficient (Wildman–Crippen LogP) is 2.22. The molecule has 1 rings (SSSR count). The van der Waals surface area contributed by atoms with E-state index < -0.39 is 13.1 Å². The Balaban J connectivity index is 3.06. The fourth-order valence-corrected chi connectivity index (χ4v) is 3.04. The minimum Gasteiger partial charge on any atom is -0.349 e. The van der Waals surface area contributed by atoms with E-state index in [-0.39, 0.29) is 5.91 Å². The van der Waals surface area contributed by atoms with Crippen LogP contribution >= 0.6 is 20.2 Å². The van der Waals surface area contributed by atoms with Gasteiger partial charge in [-0.1, -0.05) is 0 Å². The summed E-state index contributed by atoms with van der Waals surface area (Å²) in [5.74, 6) is -0.234. The summed E-state index contributed by atoms with van der Waals surface area (Å²) in [4.78, 5) is 15.1. The van der Waals surface area contributed by atoms with E-state index in [1.165, 1.54) is 31.4 Å². The van der Waals surface area contributed by atoms with Gasteiger partial charge in [0, 0.05) is 39.2 Å². The van der Waals surface area contributed by atoms with Crippen molar-refractivity contribution in [3.05, 3.63) is 23.8 Å². The molecule has 0 spiro atoms. The SMILES string of the molecule is CCN1C=CC(=O)N(/C=C(/C)P(=O)(OC)OC)C1S. The zero-order chi connectivity index (χ0) is 14.6. The molecule has 108 valence electrons. The van der Waals surface area contributed by atoms with E-state index >= 15 is 0 Å². The van der Waals surface area contributed by atoms with E-state index in [9.17, 15) is 9.36 Å². The molecule has 0 fully saturated rings. The van der Waals surface area contributed by atoms with Gasteiger partial charge < -0.3 is 13.9 Å². The highest BCUT2D eigenvalue weighted by Crippen LogP contribution is 2.54. The van der Waals surface area contributed by atoms with Crippen LogP contribution in [0.3, 0.4) is 0 Å². The number of hydrogen-bond acceptors (Lipinski definition) is 6. The molecule has 19 heavy (non-hydrogen) atoms. The highest BCUT2D eigenvalue weighted by Gasteiger charge is 2.29. The van der Waals surface area contributed by atoms with E-state index in [0.717, 1.165) is 0 Å². The molecule has 6 nitrogen and oxygen atoms in total. The van der Waals surface area contributed by atoms with E-state index in [1.807, 2.05) is 11.8 Å². The monoisotopic (exact) mass is 306 g/mol. The molecule has 1 unspecified atom stereocenters. The Morgan fingerprint density at radius 3 is 2.58 bits per heavy atom. The van der Waals surface area contributed by atoms with Gasteiger partial charge in [-0.25, -0.2) is 0 Å². The highest BCUT2D eigenvalue weighted by molar-refractivity contribution is 7.80. The van der Waals surface area contributed by atoms with E-state index in [1.54, 1.807) is 13.1 Å². The Hall–Kier alpha value is -0.750. The zero-order valence-electron chi connectivity index (χ0n) is 11.4. The quantitative estimate of drug-likeness (QED) is 0.623. The molecular weight excluding hydrogens is 287 g/mol. The molecule has 1 amide bonds. The van der Waals surface area contributed by atoms with Crippen molar-refractivity contribution in [2.75, 3.05) is 20.8 Å². The van der Waals surface area contributed by atoms with Gasteiger partial charge in [-0.15, -0.1) is 12.6 Å². The highest BCUT2D eigenvalue weighted by atomic mass is 32.1. The fourth-order valence-electron chi connectivity index (χ4n) is 1.63. The number of carbonyl (C=O) groups excluding carboxylic acids is 1. The summed E-state index contributed by atoms with van der Waals surface area (Å²) in [7, 11) is -0.726. The molecule has 0 aliphatic carbocycles. The lowest BCUT2D eigenvalue weighted by atomic mass is 10.4. The van der Waals surface area contributed by atoms with Gasteiger partial charge >= 0.3 is 7.60 Å². The second-order valence-corrected chi connectivity index (χ2v) is 6.76. The maximum absolute atomic E-state index is 12.2. The first-order valence-electron chi connectivity index (χ1n) is 5.74. The van der Waals surface area contributed by atoms with E-state index in [2.05, 4.69) is 12.6 Å². The number of rotatable bonds is 5. The maximum Gasteiger partial charge on any atom is 0.357 e. The van der Waals surface area contributed by atoms with Crippen LogP contribution in [0, 0.1) is 0 Å². The van der Waals surface area contributed by atoms with Crippen LogP contribution in [0.2, 0.25) is 0 Å². The molecule has 0 bridgehead atoms. The molecule has 1 heterocycles. The van der Waals surface area contributed by atoms with E-state index in [4.69, 9.17) is 9.05 Å². The van der Waals surface area contributed by atoms with Crippen molar-refractivity contribution in [1.82, 2.24) is 9.80 Å². The van der Waals surface area contributed by atoms with Crippen LogP contribution in [-0.4, -0.2) is 42.0 Å². The Morgan fingerprint density at radius 2 is 2.11 bits per heavy atom. The number of amides is 1. The summed E-state index contributed by atoms with van der Waals surface area (Å²) in [6, 6.07) is 0. The average molecular weight is 306 g/mol. The first kappa shape index (κ1) is 16.3. The second kappa shape index (κ2) is 6.61. The second-order valence-electron chi connectivity index (χ2n) is 3.87. The minimum absolute atomic E-state index is 0.234. The van der Waals surface area contributed by atoms with Gasteiger partial charge in [0.25, 0.3) is 5.91 Å². The van der Waals surface area contributed by atoms with Gasteiger partial charge in [-0.2, -0.15) is 0 Å². The van der Waals surface area contributed by atoms with Crippen LogP contribution in [0.5, 0.6) is 0 Å². The number of allylic oxidation sites excluding steroid dienone is 1. The molecular formula is C11H19N2O4PS. The van der Waals surface area contributed by atoms with Crippen LogP contribution in [0.15, 0.2) is 23.8 Å². The summed E-state index contributed by atoms with van der Waals surface area (Å²) >= 11 is 4.38. The van der Waals surface area contributed by atoms with Gasteiger partial charge in [0.1, 0.15) is 0 Å². The third kappa shape index (κ3) is 3.42. The lowest BCUT2D eigenvalue weighted by Crippen LogP contribution is -2.45. The van der Waals surface area contributed by atoms with Crippen molar-refractivity contribution in [2.24, 2.45) is 0 Å². The van der Waals surface area contributed by atoms with Gasteiger partial charge in [-0.3, -0.25) is 14.3 Å². The van der Waals surface area contributed by atoms with Crippen molar-refractivity contribution in [3.8, 4) is 0 Å². The summed E-state index contributed by atoms with van der Waals surface area (Å²) in [6.07, 6.45) is 4.58. The lowest BCUT2D eigenvalue weighted by Gasteiger charge is -2.36. The summed E-state index contributed by atoms with van der Waals surface area (Å²) in [6.45, 7) is 4.25. The minimum atomic E-state index is -3.33. The molecule has 0 saturated carbocycles. The van der Waals surface area contributed by atoms with Gasteiger partial charge in [0.15, 0.2) is 5.50 Å². The van der Waals surface area contributed by atoms with Crippen LogP contribution in [0.1, 0.15) is 13.8 Å². The third-order valence-electron chi connectivity index (χ3n) is 2.81. The standard InChI is InChI=1S/C11H19N2O4PS/c1-5-12-7-6-10(14)13(11(12)19)8-9(2)18(15,16-3)17-4/h6-8,11,19H,5H2,1-4H3/b9-8-. The normalized spacial score (nSPS) is 21.2. The smallest absolute Gasteiger partial charge is 0.349 e. The molecule has 0 aromatic rings. The lowest BCUT2D eigenvalue weighted by molar-refractivity contribution is -0.126. The van der Waals surface area contributed by atoms with Crippen LogP contribution in [0.4, 0.5) is 0 Å². The Kier molecular flexibility index (Phi) is 5.67. The summed E-state index contributed by atoms with van der Waals surface area (Å²) < 4.78 is 22.0. The van der Waals surface area contributed by atoms with Crippen molar-refractivity contribution in [3.63, 3.8) is 0 Å². The van der Waals surface area contributed by atoms with Crippen molar-refractivity contribution < 1.29 is 18.4 Å². The molecule has 0 N–H and O–H groups in total. The van der Waals surface area contributed by atoms with Crippen LogP contribution in [-0.2, 0) is 18.4 Å². The Labute approximate surface area is 119 Å². The molecule has 1 atom stereocenters. The molecule has 0 aromatic heterocycles. The predicted molar refractivity (Wildman–Crippen MR) is 76.5 cm³/mol. The topological polar surface area (TPSA) is 59.1 Å². The van der Waals surface area contributed by atoms with E-state index in [0.29, 0.717) is 11.9 Å². The number of thiol groups is 1. The first-order valence-corrected chi connectivity index (χ1v) is 7.80. The molecule has 8 heteroatoms. The van der Waals surface area contributed by atoms with Gasteiger partial charge in [-0.05, 0) is 13.8 Å². The average Bonchev–Trinajstić information content (AvgIpc) is 2.42. The maximum atomic E-state index is 12.2. The van der Waals surface area contributed by atoms with Crippen molar-refractivity contribution in [1.29, 1.82) is 0 Å². The molecule has 0 aromatic carbocycles. The largest absolute Gasteiger partial charge is 0.357 e. The molecule has 0 radical (unpaired) electrons. The fraction of sp³-hybridized carbons (Fsp3) is 0.545. The Bertz CT molecular complexity index is 444. The summed E-state index contributed by atoms with van der Waals surface area (Å²) in [5, 5.41) is 0.344. The zero-order valence-corrected chi connectivity index (χ0v) is 13.2. The molecule has 1 aliphatic rings. The van der Waals surface area contributed by atoms with Crippen LogP contribution < -0.4 is 0 Å². The summed E-state index contributed by atoms with van der Waals surface area (Å²) in [5.41, 5.74) is -0.445. The molecule has 0 saturated heterocycles. The first-order chi connectivity index (χ1) is 8.89. The third-order valence-corrected chi connectivity index (χ3v) is 5.30. The number of hydrogen-bond donors (Lipinski definition) is 1. The van der Waals surface area contributed by atoms with Gasteiger partial charge in [0.2, 0.25) is 0 Å². The number of nitrogens with zero attached hydrogens (tertiary/aromatic N) is 2. The van der Waals surface area contributed by atoms with Crippen LogP contribution in [0.25, 0.3) is 0 Å². The number of carbonyl (C=O) groups is 1. The molecule has 1 aliphatic heterocycles. The van der Waals surface area contributed by atoms with Crippen molar-refractivity contribution >= 4 is 26.1 Å². The Morgan fingerprint density at radius 1 is 1.53 bits per heavy atom. The van der Waals surface area contributed by atoms with Crippen molar-refractivity contribution in [2.45, 2.75) is 19.3 Å². The van der Waals surface area contributed by atoms with Gasteiger partial charge in [0.05, 0.1) is 5.31 Å².